The number of amides is 1. The highest BCUT2D eigenvalue weighted by Crippen LogP contribution is 2.19. The summed E-state index contributed by atoms with van der Waals surface area (Å²) >= 11 is 3.43. The van der Waals surface area contributed by atoms with Gasteiger partial charge in [-0.3, -0.25) is 4.79 Å². The highest BCUT2D eigenvalue weighted by atomic mass is 79.9. The number of aryl methyl sites for hydroxylation is 1. The number of hydrogen-bond donors (Lipinski definition) is 2. The second-order valence-electron chi connectivity index (χ2n) is 5.38. The van der Waals surface area contributed by atoms with Crippen LogP contribution < -0.4 is 10.6 Å². The largest absolute Gasteiger partial charge is 0.349 e. The first kappa shape index (κ1) is 17.4. The molecule has 0 aliphatic heterocycles. The maximum atomic E-state index is 12.2. The minimum absolute atomic E-state index is 0.199. The topological polar surface area (TPSA) is 70.2 Å². The van der Waals surface area contributed by atoms with Crippen LogP contribution in [0.1, 0.15) is 16.3 Å². The van der Waals surface area contributed by atoms with Crippen molar-refractivity contribution in [3.8, 4) is 0 Å². The molecule has 1 aromatic carbocycles. The molecule has 2 rings (SSSR count). The molecule has 0 spiro atoms. The van der Waals surface area contributed by atoms with Crippen LogP contribution in [0.5, 0.6) is 0 Å². The summed E-state index contributed by atoms with van der Waals surface area (Å²) in [4.78, 5) is 22.7. The standard InChI is InChI=1S/C16H20BrN5O/c1-11-19-14(16(23)18-7-8-22(2)3)10-15(20-11)21-13-6-4-5-12(17)9-13/h4-6,9-10H,7-8H2,1-3H3,(H,18,23)(H,19,20,21). The Kier molecular flexibility index (Phi) is 6.06. The molecular weight excluding hydrogens is 358 g/mol. The first-order chi connectivity index (χ1) is 10.9. The Hall–Kier alpha value is -1.99. The number of likely N-dealkylation sites (N-methyl/N-ethyl adjacent to an activating group) is 1. The van der Waals surface area contributed by atoms with Crippen molar-refractivity contribution >= 4 is 33.3 Å². The zero-order valence-electron chi connectivity index (χ0n) is 13.4. The second-order valence-corrected chi connectivity index (χ2v) is 6.30. The molecule has 0 atom stereocenters. The lowest BCUT2D eigenvalue weighted by atomic mass is 10.3. The van der Waals surface area contributed by atoms with Gasteiger partial charge < -0.3 is 15.5 Å². The van der Waals surface area contributed by atoms with Crippen LogP contribution in [0.25, 0.3) is 0 Å². The monoisotopic (exact) mass is 377 g/mol. The van der Waals surface area contributed by atoms with Gasteiger partial charge in [0, 0.05) is 29.3 Å². The van der Waals surface area contributed by atoms with Gasteiger partial charge in [0.25, 0.3) is 5.91 Å². The van der Waals surface area contributed by atoms with Crippen LogP contribution in [-0.2, 0) is 0 Å². The summed E-state index contributed by atoms with van der Waals surface area (Å²) in [6.07, 6.45) is 0. The highest BCUT2D eigenvalue weighted by molar-refractivity contribution is 9.10. The highest BCUT2D eigenvalue weighted by Gasteiger charge is 2.10. The van der Waals surface area contributed by atoms with E-state index in [1.54, 1.807) is 13.0 Å². The number of aromatic nitrogens is 2. The molecular formula is C16H20BrN5O. The molecule has 6 nitrogen and oxygen atoms in total. The van der Waals surface area contributed by atoms with E-state index in [0.717, 1.165) is 16.7 Å². The molecule has 0 bridgehead atoms. The second kappa shape index (κ2) is 8.03. The Labute approximate surface area is 144 Å². The van der Waals surface area contributed by atoms with E-state index in [2.05, 4.69) is 36.5 Å². The molecule has 23 heavy (non-hydrogen) atoms. The summed E-state index contributed by atoms with van der Waals surface area (Å²) in [6.45, 7) is 3.12. The Morgan fingerprint density at radius 1 is 1.26 bits per heavy atom. The molecule has 1 amide bonds. The van der Waals surface area contributed by atoms with Crippen molar-refractivity contribution in [1.82, 2.24) is 20.2 Å². The van der Waals surface area contributed by atoms with E-state index in [1.165, 1.54) is 0 Å². The predicted molar refractivity (Wildman–Crippen MR) is 95.1 cm³/mol. The third kappa shape index (κ3) is 5.61. The Morgan fingerprint density at radius 2 is 2.04 bits per heavy atom. The number of benzene rings is 1. The lowest BCUT2D eigenvalue weighted by Gasteiger charge is -2.11. The van der Waals surface area contributed by atoms with Gasteiger partial charge in [0.1, 0.15) is 17.3 Å². The molecule has 0 aliphatic carbocycles. The average molecular weight is 378 g/mol. The van der Waals surface area contributed by atoms with Gasteiger partial charge in [0.05, 0.1) is 0 Å². The van der Waals surface area contributed by atoms with E-state index < -0.39 is 0 Å². The van der Waals surface area contributed by atoms with Crippen molar-refractivity contribution < 1.29 is 4.79 Å². The summed E-state index contributed by atoms with van der Waals surface area (Å²) in [7, 11) is 3.92. The normalized spacial score (nSPS) is 10.7. The number of hydrogen-bond acceptors (Lipinski definition) is 5. The molecule has 2 N–H and O–H groups in total. The van der Waals surface area contributed by atoms with Crippen LogP contribution in [0.3, 0.4) is 0 Å². The lowest BCUT2D eigenvalue weighted by Crippen LogP contribution is -2.32. The van der Waals surface area contributed by atoms with Crippen LogP contribution in [-0.4, -0.2) is 48.0 Å². The fourth-order valence-electron chi connectivity index (χ4n) is 1.95. The van der Waals surface area contributed by atoms with Crippen molar-refractivity contribution in [3.63, 3.8) is 0 Å². The zero-order valence-corrected chi connectivity index (χ0v) is 15.0. The molecule has 1 aromatic heterocycles. The maximum absolute atomic E-state index is 12.2. The van der Waals surface area contributed by atoms with Crippen molar-refractivity contribution in [1.29, 1.82) is 0 Å². The Balaban J connectivity index is 2.10. The number of halogens is 1. The van der Waals surface area contributed by atoms with Crippen molar-refractivity contribution in [3.05, 3.63) is 46.3 Å². The van der Waals surface area contributed by atoms with E-state index in [9.17, 15) is 4.79 Å². The number of anilines is 2. The number of rotatable bonds is 6. The van der Waals surface area contributed by atoms with Gasteiger partial charge >= 0.3 is 0 Å². The summed E-state index contributed by atoms with van der Waals surface area (Å²) in [5.74, 6) is 0.936. The first-order valence-corrected chi connectivity index (χ1v) is 8.04. The fraction of sp³-hybridized carbons (Fsp3) is 0.312. The number of carbonyl (C=O) groups excluding carboxylic acids is 1. The Bertz CT molecular complexity index is 690. The van der Waals surface area contributed by atoms with Crippen LogP contribution >= 0.6 is 15.9 Å². The van der Waals surface area contributed by atoms with Gasteiger partial charge in [-0.2, -0.15) is 0 Å². The van der Waals surface area contributed by atoms with E-state index in [1.807, 2.05) is 43.3 Å². The maximum Gasteiger partial charge on any atom is 0.270 e. The molecule has 0 aliphatic rings. The Morgan fingerprint density at radius 3 is 2.74 bits per heavy atom. The van der Waals surface area contributed by atoms with Crippen molar-refractivity contribution in [2.75, 3.05) is 32.5 Å². The van der Waals surface area contributed by atoms with Gasteiger partial charge in [-0.1, -0.05) is 22.0 Å². The van der Waals surface area contributed by atoms with Gasteiger partial charge in [-0.25, -0.2) is 9.97 Å². The molecule has 7 heteroatoms. The quantitative estimate of drug-likeness (QED) is 0.809. The minimum atomic E-state index is -0.199. The summed E-state index contributed by atoms with van der Waals surface area (Å²) in [5.41, 5.74) is 1.24. The zero-order chi connectivity index (χ0) is 16.8. The predicted octanol–water partition coefficient (Wildman–Crippen LogP) is 2.58. The molecule has 122 valence electrons. The fourth-order valence-corrected chi connectivity index (χ4v) is 2.35. The van der Waals surface area contributed by atoms with Gasteiger partial charge in [0.15, 0.2) is 0 Å². The third-order valence-corrected chi connectivity index (χ3v) is 3.51. The van der Waals surface area contributed by atoms with E-state index in [-0.39, 0.29) is 5.91 Å². The number of carbonyl (C=O) groups is 1. The van der Waals surface area contributed by atoms with Crippen LogP contribution in [0.2, 0.25) is 0 Å². The molecule has 2 aromatic rings. The number of nitrogens with zero attached hydrogens (tertiary/aromatic N) is 3. The third-order valence-electron chi connectivity index (χ3n) is 3.01. The summed E-state index contributed by atoms with van der Waals surface area (Å²) < 4.78 is 0.968. The molecule has 0 radical (unpaired) electrons. The molecule has 0 fully saturated rings. The summed E-state index contributed by atoms with van der Waals surface area (Å²) in [6, 6.07) is 9.39. The van der Waals surface area contributed by atoms with Crippen LogP contribution in [0, 0.1) is 6.92 Å². The average Bonchev–Trinajstić information content (AvgIpc) is 2.46. The van der Waals surface area contributed by atoms with Crippen LogP contribution in [0.15, 0.2) is 34.8 Å². The lowest BCUT2D eigenvalue weighted by molar-refractivity contribution is 0.0945. The number of nitrogens with one attached hydrogen (secondary N) is 2. The van der Waals surface area contributed by atoms with E-state index >= 15 is 0 Å². The van der Waals surface area contributed by atoms with Crippen molar-refractivity contribution in [2.45, 2.75) is 6.92 Å². The van der Waals surface area contributed by atoms with Gasteiger partial charge in [0.2, 0.25) is 0 Å². The van der Waals surface area contributed by atoms with E-state index in [0.29, 0.717) is 23.9 Å². The van der Waals surface area contributed by atoms with E-state index in [4.69, 9.17) is 0 Å². The van der Waals surface area contributed by atoms with Gasteiger partial charge in [-0.05, 0) is 39.2 Å². The summed E-state index contributed by atoms with van der Waals surface area (Å²) in [5, 5.41) is 6.04. The molecule has 1 heterocycles. The SMILES string of the molecule is Cc1nc(Nc2cccc(Br)c2)cc(C(=O)NCCN(C)C)n1. The molecule has 0 unspecified atom stereocenters. The van der Waals surface area contributed by atoms with Crippen molar-refractivity contribution in [2.24, 2.45) is 0 Å². The van der Waals surface area contributed by atoms with Gasteiger partial charge in [-0.15, -0.1) is 0 Å². The smallest absolute Gasteiger partial charge is 0.270 e. The van der Waals surface area contributed by atoms with Crippen LogP contribution in [0.4, 0.5) is 11.5 Å². The first-order valence-electron chi connectivity index (χ1n) is 7.25. The minimum Gasteiger partial charge on any atom is -0.349 e. The molecule has 0 saturated heterocycles. The molecule has 0 saturated carbocycles.